The Morgan fingerprint density at radius 2 is 2.06 bits per heavy atom. The van der Waals surface area contributed by atoms with Crippen molar-refractivity contribution in [1.82, 2.24) is 9.55 Å². The molecule has 4 heteroatoms. The number of imidazole rings is 1. The van der Waals surface area contributed by atoms with Gasteiger partial charge in [0.1, 0.15) is 0 Å². The van der Waals surface area contributed by atoms with Crippen molar-refractivity contribution >= 4 is 32.7 Å². The van der Waals surface area contributed by atoms with Crippen LogP contribution in [0.4, 0.5) is 5.69 Å². The van der Waals surface area contributed by atoms with Crippen LogP contribution >= 0.6 is 15.9 Å². The van der Waals surface area contributed by atoms with Crippen LogP contribution in [-0.4, -0.2) is 9.55 Å². The highest BCUT2D eigenvalue weighted by Gasteiger charge is 2.03. The third kappa shape index (κ3) is 2.11. The quantitative estimate of drug-likeness (QED) is 0.737. The van der Waals surface area contributed by atoms with Crippen molar-refractivity contribution in [3.63, 3.8) is 0 Å². The minimum atomic E-state index is 0.746. The van der Waals surface area contributed by atoms with E-state index >= 15 is 0 Å². The third-order valence-electron chi connectivity index (χ3n) is 2.89. The van der Waals surface area contributed by atoms with Crippen LogP contribution in [0.2, 0.25) is 0 Å². The predicted octanol–water partition coefficient (Wildman–Crippen LogP) is 3.43. The van der Waals surface area contributed by atoms with Crippen LogP contribution in [0.15, 0.2) is 53.3 Å². The fraction of sp³-hybridized carbons (Fsp3) is 0.0714. The summed E-state index contributed by atoms with van der Waals surface area (Å²) in [5, 5.41) is 0. The fourth-order valence-corrected chi connectivity index (χ4v) is 2.49. The SMILES string of the molecule is Nc1ccc2c(c1)ncn2Cc1cccc(Br)c1. The average Bonchev–Trinajstić information content (AvgIpc) is 2.72. The number of nitrogen functional groups attached to an aromatic ring is 1. The van der Waals surface area contributed by atoms with Gasteiger partial charge in [-0.25, -0.2) is 4.98 Å². The summed E-state index contributed by atoms with van der Waals surface area (Å²) < 4.78 is 3.21. The van der Waals surface area contributed by atoms with E-state index in [4.69, 9.17) is 5.73 Å². The minimum Gasteiger partial charge on any atom is -0.399 e. The number of hydrogen-bond donors (Lipinski definition) is 1. The monoisotopic (exact) mass is 301 g/mol. The number of benzene rings is 2. The molecule has 0 unspecified atom stereocenters. The smallest absolute Gasteiger partial charge is 0.0961 e. The van der Waals surface area contributed by atoms with Gasteiger partial charge in [0, 0.05) is 16.7 Å². The van der Waals surface area contributed by atoms with Gasteiger partial charge < -0.3 is 10.3 Å². The summed E-state index contributed by atoms with van der Waals surface area (Å²) in [6, 6.07) is 14.1. The van der Waals surface area contributed by atoms with Crippen LogP contribution in [0, 0.1) is 0 Å². The molecular weight excluding hydrogens is 290 g/mol. The first-order valence-corrected chi connectivity index (χ1v) is 6.46. The first-order chi connectivity index (χ1) is 8.72. The molecule has 1 heterocycles. The molecule has 1 aromatic heterocycles. The first kappa shape index (κ1) is 11.3. The second-order valence-corrected chi connectivity index (χ2v) is 5.17. The maximum absolute atomic E-state index is 5.75. The standard InChI is InChI=1S/C14H12BrN3/c15-11-3-1-2-10(6-11)8-18-9-17-13-7-12(16)4-5-14(13)18/h1-7,9H,8,16H2. The molecule has 0 atom stereocenters. The summed E-state index contributed by atoms with van der Waals surface area (Å²) in [4.78, 5) is 4.37. The van der Waals surface area contributed by atoms with E-state index in [1.165, 1.54) is 5.56 Å². The van der Waals surface area contributed by atoms with Gasteiger partial charge in [0.05, 0.1) is 17.4 Å². The Morgan fingerprint density at radius 1 is 1.17 bits per heavy atom. The molecule has 0 fully saturated rings. The molecular formula is C14H12BrN3. The number of fused-ring (bicyclic) bond motifs is 1. The van der Waals surface area contributed by atoms with Gasteiger partial charge in [-0.1, -0.05) is 28.1 Å². The maximum atomic E-state index is 5.75. The summed E-state index contributed by atoms with van der Waals surface area (Å²) in [5.74, 6) is 0. The first-order valence-electron chi connectivity index (χ1n) is 5.67. The van der Waals surface area contributed by atoms with Crippen LogP contribution in [0.25, 0.3) is 11.0 Å². The molecule has 0 amide bonds. The van der Waals surface area contributed by atoms with Gasteiger partial charge in [0.2, 0.25) is 0 Å². The van der Waals surface area contributed by atoms with Crippen molar-refractivity contribution in [2.24, 2.45) is 0 Å². The van der Waals surface area contributed by atoms with E-state index < -0.39 is 0 Å². The molecule has 18 heavy (non-hydrogen) atoms. The Labute approximate surface area is 113 Å². The number of nitrogens with two attached hydrogens (primary N) is 1. The molecule has 0 bridgehead atoms. The summed E-state index contributed by atoms with van der Waals surface area (Å²) in [6.45, 7) is 0.805. The second kappa shape index (κ2) is 4.46. The third-order valence-corrected chi connectivity index (χ3v) is 3.38. The van der Waals surface area contributed by atoms with Gasteiger partial charge in [-0.2, -0.15) is 0 Å². The molecule has 0 aliphatic heterocycles. The normalized spacial score (nSPS) is 10.9. The van der Waals surface area contributed by atoms with E-state index in [0.717, 1.165) is 27.7 Å². The second-order valence-electron chi connectivity index (χ2n) is 4.25. The number of anilines is 1. The van der Waals surface area contributed by atoms with Crippen LogP contribution < -0.4 is 5.73 Å². The number of aromatic nitrogens is 2. The molecule has 0 aliphatic carbocycles. The Hall–Kier alpha value is -1.81. The minimum absolute atomic E-state index is 0.746. The largest absolute Gasteiger partial charge is 0.399 e. The number of halogens is 1. The Kier molecular flexibility index (Phi) is 2.80. The van der Waals surface area contributed by atoms with Crippen molar-refractivity contribution in [3.05, 3.63) is 58.8 Å². The lowest BCUT2D eigenvalue weighted by molar-refractivity contribution is 0.824. The zero-order valence-corrected chi connectivity index (χ0v) is 11.3. The highest BCUT2D eigenvalue weighted by atomic mass is 79.9. The van der Waals surface area contributed by atoms with Gasteiger partial charge in [-0.3, -0.25) is 0 Å². The number of hydrogen-bond acceptors (Lipinski definition) is 2. The number of nitrogens with zero attached hydrogens (tertiary/aromatic N) is 2. The van der Waals surface area contributed by atoms with Crippen LogP contribution in [0.5, 0.6) is 0 Å². The molecule has 2 aromatic carbocycles. The van der Waals surface area contributed by atoms with Crippen LogP contribution in [0.1, 0.15) is 5.56 Å². The van der Waals surface area contributed by atoms with Crippen molar-refractivity contribution in [3.8, 4) is 0 Å². The molecule has 3 aromatic rings. The Bertz CT molecular complexity index is 703. The van der Waals surface area contributed by atoms with Gasteiger partial charge >= 0.3 is 0 Å². The van der Waals surface area contributed by atoms with Crippen molar-refractivity contribution < 1.29 is 0 Å². The van der Waals surface area contributed by atoms with Gasteiger partial charge in [-0.15, -0.1) is 0 Å². The highest BCUT2D eigenvalue weighted by molar-refractivity contribution is 9.10. The summed E-state index contributed by atoms with van der Waals surface area (Å²) >= 11 is 3.48. The van der Waals surface area contributed by atoms with E-state index in [2.05, 4.69) is 37.6 Å². The lowest BCUT2D eigenvalue weighted by Gasteiger charge is -2.05. The molecule has 0 aliphatic rings. The Balaban J connectivity index is 2.00. The zero-order valence-electron chi connectivity index (χ0n) is 9.68. The van der Waals surface area contributed by atoms with E-state index in [0.29, 0.717) is 0 Å². The predicted molar refractivity (Wildman–Crippen MR) is 77.4 cm³/mol. The highest BCUT2D eigenvalue weighted by Crippen LogP contribution is 2.18. The van der Waals surface area contributed by atoms with E-state index in [9.17, 15) is 0 Å². The van der Waals surface area contributed by atoms with Crippen LogP contribution in [-0.2, 0) is 6.54 Å². The van der Waals surface area contributed by atoms with Gasteiger partial charge in [0.25, 0.3) is 0 Å². The maximum Gasteiger partial charge on any atom is 0.0961 e. The van der Waals surface area contributed by atoms with Gasteiger partial charge in [-0.05, 0) is 35.9 Å². The lowest BCUT2D eigenvalue weighted by atomic mass is 10.2. The summed E-state index contributed by atoms with van der Waals surface area (Å²) in [7, 11) is 0. The molecule has 2 N–H and O–H groups in total. The molecule has 90 valence electrons. The molecule has 0 spiro atoms. The molecule has 0 saturated heterocycles. The van der Waals surface area contributed by atoms with Crippen LogP contribution in [0.3, 0.4) is 0 Å². The fourth-order valence-electron chi connectivity index (χ4n) is 2.04. The summed E-state index contributed by atoms with van der Waals surface area (Å²) in [5.41, 5.74) is 9.77. The summed E-state index contributed by atoms with van der Waals surface area (Å²) in [6.07, 6.45) is 1.85. The Morgan fingerprint density at radius 3 is 2.89 bits per heavy atom. The van der Waals surface area contributed by atoms with E-state index in [-0.39, 0.29) is 0 Å². The van der Waals surface area contributed by atoms with Crippen molar-refractivity contribution in [1.29, 1.82) is 0 Å². The van der Waals surface area contributed by atoms with Crippen molar-refractivity contribution in [2.75, 3.05) is 5.73 Å². The van der Waals surface area contributed by atoms with E-state index in [1.54, 1.807) is 0 Å². The van der Waals surface area contributed by atoms with Crippen molar-refractivity contribution in [2.45, 2.75) is 6.54 Å². The number of rotatable bonds is 2. The topological polar surface area (TPSA) is 43.8 Å². The average molecular weight is 302 g/mol. The molecule has 3 nitrogen and oxygen atoms in total. The molecule has 3 rings (SSSR count). The lowest BCUT2D eigenvalue weighted by Crippen LogP contribution is -1.97. The molecule has 0 radical (unpaired) electrons. The molecule has 0 saturated carbocycles. The van der Waals surface area contributed by atoms with E-state index in [1.807, 2.05) is 36.7 Å². The zero-order chi connectivity index (χ0) is 12.5. The van der Waals surface area contributed by atoms with Gasteiger partial charge in [0.15, 0.2) is 0 Å².